The fourth-order valence-corrected chi connectivity index (χ4v) is 16.0. The molecule has 0 bridgehead atoms. The second-order valence-electron chi connectivity index (χ2n) is 23.0. The van der Waals surface area contributed by atoms with Crippen LogP contribution in [-0.4, -0.2) is 57.8 Å². The Morgan fingerprint density at radius 3 is 2.23 bits per heavy atom. The SMILES string of the molecule is CC(=O)OC1CC(C)C(O)(CCC2=CC(=O)OC2)C2(C(O)CCC(C)CCCc3ccccc3)C(O)CCC(C)(C3CCC4(CCC(CC5(c6ccccc6)CCCCC5)C4)CC3)C12. The van der Waals surface area contributed by atoms with Crippen LogP contribution in [0.1, 0.15) is 180 Å². The van der Waals surface area contributed by atoms with E-state index in [1.807, 2.05) is 6.92 Å². The molecule has 5 aliphatic carbocycles. The maximum absolute atomic E-state index is 13.7. The van der Waals surface area contributed by atoms with Gasteiger partial charge < -0.3 is 24.8 Å². The van der Waals surface area contributed by atoms with Gasteiger partial charge in [0.25, 0.3) is 0 Å². The second-order valence-corrected chi connectivity index (χ2v) is 23.0. The third kappa shape index (κ3) is 9.31. The highest BCUT2D eigenvalue weighted by Gasteiger charge is 2.74. The molecule has 10 atom stereocenters. The van der Waals surface area contributed by atoms with E-state index in [4.69, 9.17) is 9.47 Å². The van der Waals surface area contributed by atoms with Gasteiger partial charge in [0.1, 0.15) is 12.7 Å². The molecule has 0 saturated heterocycles. The molecule has 5 saturated carbocycles. The van der Waals surface area contributed by atoms with E-state index in [0.717, 1.165) is 56.4 Å². The highest BCUT2D eigenvalue weighted by molar-refractivity contribution is 5.85. The van der Waals surface area contributed by atoms with Gasteiger partial charge in [0.2, 0.25) is 0 Å². The van der Waals surface area contributed by atoms with Gasteiger partial charge in [-0.3, -0.25) is 4.79 Å². The molecule has 7 heteroatoms. The zero-order valence-electron chi connectivity index (χ0n) is 39.9. The number of aliphatic hydroxyl groups is 3. The third-order valence-electron chi connectivity index (χ3n) is 19.3. The van der Waals surface area contributed by atoms with Crippen LogP contribution in [0.25, 0.3) is 0 Å². The van der Waals surface area contributed by atoms with E-state index < -0.39 is 35.2 Å². The van der Waals surface area contributed by atoms with Gasteiger partial charge in [0.15, 0.2) is 0 Å². The van der Waals surface area contributed by atoms with E-state index in [1.165, 1.54) is 83.1 Å². The van der Waals surface area contributed by atoms with E-state index in [9.17, 15) is 24.9 Å². The number of fused-ring (bicyclic) bond motifs is 1. The van der Waals surface area contributed by atoms with Crippen LogP contribution in [0.3, 0.4) is 0 Å². The molecule has 1 heterocycles. The van der Waals surface area contributed by atoms with Crippen LogP contribution in [0.5, 0.6) is 0 Å². The molecule has 2 aromatic carbocycles. The van der Waals surface area contributed by atoms with Crippen LogP contribution < -0.4 is 0 Å². The van der Waals surface area contributed by atoms with E-state index >= 15 is 0 Å². The van der Waals surface area contributed by atoms with E-state index in [1.54, 1.807) is 11.6 Å². The van der Waals surface area contributed by atoms with Crippen LogP contribution in [0.2, 0.25) is 0 Å². The van der Waals surface area contributed by atoms with Gasteiger partial charge in [0, 0.05) is 18.9 Å². The van der Waals surface area contributed by atoms with Crippen molar-refractivity contribution in [3.05, 3.63) is 83.4 Å². The lowest BCUT2D eigenvalue weighted by Crippen LogP contribution is -2.77. The summed E-state index contributed by atoms with van der Waals surface area (Å²) in [6.07, 6.45) is 22.2. The maximum atomic E-state index is 13.7. The number of carbonyl (C=O) groups excluding carboxylic acids is 2. The largest absolute Gasteiger partial charge is 0.462 e. The zero-order valence-corrected chi connectivity index (χ0v) is 39.9. The van der Waals surface area contributed by atoms with Crippen molar-refractivity contribution in [2.45, 2.75) is 205 Å². The smallest absolute Gasteiger partial charge is 0.331 e. The first-order chi connectivity index (χ1) is 30.7. The summed E-state index contributed by atoms with van der Waals surface area (Å²) in [5.41, 5.74) is 1.18. The third-order valence-corrected chi connectivity index (χ3v) is 19.3. The minimum Gasteiger partial charge on any atom is -0.462 e. The van der Waals surface area contributed by atoms with Crippen molar-refractivity contribution in [1.82, 2.24) is 0 Å². The predicted molar refractivity (Wildman–Crippen MR) is 253 cm³/mol. The van der Waals surface area contributed by atoms with Crippen molar-refractivity contribution in [3.8, 4) is 0 Å². The summed E-state index contributed by atoms with van der Waals surface area (Å²) in [6, 6.07) is 22.0. The summed E-state index contributed by atoms with van der Waals surface area (Å²) < 4.78 is 11.7. The van der Waals surface area contributed by atoms with E-state index in [2.05, 4.69) is 74.5 Å². The molecule has 3 N–H and O–H groups in total. The molecule has 1 spiro atoms. The van der Waals surface area contributed by atoms with E-state index in [-0.39, 0.29) is 36.3 Å². The number of aryl methyl sites for hydroxylation is 1. The summed E-state index contributed by atoms with van der Waals surface area (Å²) >= 11 is 0. The van der Waals surface area contributed by atoms with Crippen molar-refractivity contribution >= 4 is 11.9 Å². The van der Waals surface area contributed by atoms with Crippen LogP contribution in [0, 0.1) is 45.8 Å². The average Bonchev–Trinajstić information content (AvgIpc) is 3.90. The molecule has 0 amide bonds. The van der Waals surface area contributed by atoms with Gasteiger partial charge in [-0.1, -0.05) is 107 Å². The van der Waals surface area contributed by atoms with Gasteiger partial charge in [-0.25, -0.2) is 4.79 Å². The summed E-state index contributed by atoms with van der Waals surface area (Å²) in [5.74, 6) is -0.130. The summed E-state index contributed by atoms with van der Waals surface area (Å²) in [4.78, 5) is 25.3. The molecule has 64 heavy (non-hydrogen) atoms. The van der Waals surface area contributed by atoms with Crippen molar-refractivity contribution in [3.63, 3.8) is 0 Å². The first kappa shape index (κ1) is 47.5. The van der Waals surface area contributed by atoms with Crippen molar-refractivity contribution in [1.29, 1.82) is 0 Å². The second kappa shape index (κ2) is 19.7. The highest BCUT2D eigenvalue weighted by Crippen LogP contribution is 2.70. The molecule has 1 aliphatic heterocycles. The molecule has 2 aromatic rings. The van der Waals surface area contributed by atoms with Crippen LogP contribution >= 0.6 is 0 Å². The lowest BCUT2D eigenvalue weighted by molar-refractivity contribution is -0.327. The maximum Gasteiger partial charge on any atom is 0.331 e. The zero-order chi connectivity index (χ0) is 45.2. The monoisotopic (exact) mass is 879 g/mol. The first-order valence-corrected chi connectivity index (χ1v) is 25.9. The number of hydrogen-bond acceptors (Lipinski definition) is 7. The van der Waals surface area contributed by atoms with Gasteiger partial charge >= 0.3 is 11.9 Å². The standard InChI is InChI=1S/C57H82O7/c1-40(15-14-18-43-16-8-5-9-17-43)21-22-49(59)57-50(60)27-30-53(4,52(57)48(64-42(3)58)35-41(2)56(57,62)34-24-44-36-51(61)63-39-44)46-25-32-54(33-26-46)31-23-45(37-54)38-55(28-12-7-13-29-55)47-19-10-6-11-20-47/h5-6,8-11,16-17,19-20,36,40-41,45-46,48-50,52,59-60,62H,7,12-15,18,21-35,37-39H2,1-4H3. The number of benzene rings is 2. The minimum absolute atomic E-state index is 0.205. The van der Waals surface area contributed by atoms with Crippen molar-refractivity contribution < 1.29 is 34.4 Å². The topological polar surface area (TPSA) is 113 Å². The molecule has 0 radical (unpaired) electrons. The number of rotatable bonds is 16. The lowest BCUT2D eigenvalue weighted by atomic mass is 9.37. The number of ether oxygens (including phenoxy) is 2. The molecule has 6 aliphatic rings. The van der Waals surface area contributed by atoms with Crippen LogP contribution in [0.4, 0.5) is 0 Å². The fourth-order valence-electron chi connectivity index (χ4n) is 16.0. The number of cyclic esters (lactones) is 1. The quantitative estimate of drug-likeness (QED) is 0.144. The number of carbonyl (C=O) groups is 2. The molecular formula is C57H82O7. The lowest BCUT2D eigenvalue weighted by Gasteiger charge is -2.70. The Hall–Kier alpha value is -3.00. The van der Waals surface area contributed by atoms with Gasteiger partial charge in [-0.15, -0.1) is 0 Å². The number of esters is 2. The Bertz CT molecular complexity index is 1900. The van der Waals surface area contributed by atoms with Crippen molar-refractivity contribution in [2.75, 3.05) is 6.61 Å². The molecule has 8 rings (SSSR count). The molecule has 7 nitrogen and oxygen atoms in total. The summed E-state index contributed by atoms with van der Waals surface area (Å²) in [6.45, 7) is 8.35. The Labute approximate surface area is 385 Å². The van der Waals surface area contributed by atoms with Gasteiger partial charge in [0.05, 0.1) is 23.2 Å². The Morgan fingerprint density at radius 2 is 1.56 bits per heavy atom. The van der Waals surface area contributed by atoms with Crippen LogP contribution in [-0.2, 0) is 30.9 Å². The summed E-state index contributed by atoms with van der Waals surface area (Å²) in [7, 11) is 0. The minimum atomic E-state index is -1.49. The molecule has 10 unspecified atom stereocenters. The van der Waals surface area contributed by atoms with Crippen LogP contribution in [0.15, 0.2) is 72.3 Å². The molecule has 352 valence electrons. The number of hydrogen-bond donors (Lipinski definition) is 3. The molecule has 0 aromatic heterocycles. The average molecular weight is 879 g/mol. The van der Waals surface area contributed by atoms with Gasteiger partial charge in [-0.2, -0.15) is 0 Å². The molecular weight excluding hydrogens is 797 g/mol. The predicted octanol–water partition coefficient (Wildman–Crippen LogP) is 11.8. The molecule has 5 fully saturated rings. The Morgan fingerprint density at radius 1 is 0.875 bits per heavy atom. The number of aliphatic hydroxyl groups excluding tert-OH is 2. The normalized spacial score (nSPS) is 37.0. The van der Waals surface area contributed by atoms with Crippen molar-refractivity contribution in [2.24, 2.45) is 45.8 Å². The summed E-state index contributed by atoms with van der Waals surface area (Å²) in [5, 5.41) is 39.6. The Kier molecular flexibility index (Phi) is 14.6. The first-order valence-electron chi connectivity index (χ1n) is 25.9. The van der Waals surface area contributed by atoms with E-state index in [0.29, 0.717) is 48.3 Å². The Balaban J connectivity index is 1.06. The van der Waals surface area contributed by atoms with Gasteiger partial charge in [-0.05, 0) is 179 Å². The highest BCUT2D eigenvalue weighted by atomic mass is 16.5. The fraction of sp³-hybridized carbons (Fsp3) is 0.719.